The van der Waals surface area contributed by atoms with Gasteiger partial charge in [0.15, 0.2) is 0 Å². The van der Waals surface area contributed by atoms with Crippen molar-refractivity contribution in [2.75, 3.05) is 19.1 Å². The van der Waals surface area contributed by atoms with E-state index >= 15 is 0 Å². The second-order valence-corrected chi connectivity index (χ2v) is 10.3. The monoisotopic (exact) mass is 475 g/mol. The molecule has 4 atom stereocenters. The topological polar surface area (TPSA) is 153 Å². The van der Waals surface area contributed by atoms with E-state index in [9.17, 15) is 9.90 Å². The van der Waals surface area contributed by atoms with Crippen molar-refractivity contribution in [1.29, 1.82) is 0 Å². The summed E-state index contributed by atoms with van der Waals surface area (Å²) < 4.78 is 30.1. The summed E-state index contributed by atoms with van der Waals surface area (Å²) in [4.78, 5) is 24.1. The second kappa shape index (κ2) is 8.60. The van der Waals surface area contributed by atoms with Gasteiger partial charge in [-0.3, -0.25) is 0 Å². The average Bonchev–Trinajstić information content (AvgIpc) is 3.33. The Labute approximate surface area is 189 Å². The van der Waals surface area contributed by atoms with E-state index in [-0.39, 0.29) is 19.2 Å². The number of aromatic nitrogens is 4. The van der Waals surface area contributed by atoms with Gasteiger partial charge in [0.25, 0.3) is 0 Å². The zero-order valence-corrected chi connectivity index (χ0v) is 19.0. The normalized spacial score (nSPS) is 27.2. The Bertz CT molecular complexity index is 1180. The number of aliphatic hydroxyl groups excluding tert-OH is 1. The van der Waals surface area contributed by atoms with E-state index in [0.717, 1.165) is 5.56 Å². The van der Waals surface area contributed by atoms with E-state index in [2.05, 4.69) is 15.0 Å². The van der Waals surface area contributed by atoms with Crippen LogP contribution in [0.25, 0.3) is 22.6 Å². The third-order valence-corrected chi connectivity index (χ3v) is 7.58. The molecule has 3 aromatic rings. The van der Waals surface area contributed by atoms with Gasteiger partial charge in [-0.15, -0.1) is 0 Å². The number of aliphatic hydroxyl groups is 1. The molecule has 2 saturated heterocycles. The van der Waals surface area contributed by atoms with Crippen molar-refractivity contribution in [2.24, 2.45) is 0 Å². The SMILES string of the molecule is B[PH]1(OCOC(C)=O)OC[C@H]2O[C@@H](n3c(-c4ccccc4)nc4c(N)ncnc43)[C@@H](O)C2O1. The number of hydrogen-bond donors (Lipinski definition) is 2. The number of nitrogen functional groups attached to an aromatic ring is 1. The van der Waals surface area contributed by atoms with Crippen LogP contribution in [0.1, 0.15) is 13.2 Å². The van der Waals surface area contributed by atoms with E-state index in [1.807, 2.05) is 30.3 Å². The third-order valence-electron chi connectivity index (χ3n) is 5.54. The van der Waals surface area contributed by atoms with E-state index in [4.69, 9.17) is 28.8 Å². The first-order valence-electron chi connectivity index (χ1n) is 10.3. The number of nitrogens with zero attached hydrogens (tertiary/aromatic N) is 4. The summed E-state index contributed by atoms with van der Waals surface area (Å²) in [6.45, 7) is 1.13. The number of carbonyl (C=O) groups is 1. The Morgan fingerprint density at radius 1 is 1.36 bits per heavy atom. The van der Waals surface area contributed by atoms with Gasteiger partial charge in [0.05, 0.1) is 0 Å². The Morgan fingerprint density at radius 3 is 2.91 bits per heavy atom. The molecule has 1 aromatic carbocycles. The van der Waals surface area contributed by atoms with Crippen molar-refractivity contribution in [3.8, 4) is 11.4 Å². The molecule has 3 N–H and O–H groups in total. The van der Waals surface area contributed by atoms with Gasteiger partial charge < -0.3 is 0 Å². The molecular weight excluding hydrogens is 452 g/mol. The minimum atomic E-state index is -3.17. The molecular formula is C19H23BN5O7P. The van der Waals surface area contributed by atoms with Crippen molar-refractivity contribution in [2.45, 2.75) is 31.5 Å². The van der Waals surface area contributed by atoms with Gasteiger partial charge in [-0.1, -0.05) is 0 Å². The zero-order chi connectivity index (χ0) is 23.2. The van der Waals surface area contributed by atoms with Crippen LogP contribution >= 0.6 is 7.82 Å². The number of fused-ring (bicyclic) bond motifs is 2. The van der Waals surface area contributed by atoms with Gasteiger partial charge in [0.1, 0.15) is 0 Å². The van der Waals surface area contributed by atoms with E-state index in [1.54, 1.807) is 12.1 Å². The van der Waals surface area contributed by atoms with Gasteiger partial charge in [0, 0.05) is 0 Å². The number of carbonyl (C=O) groups excluding carboxylic acids is 1. The fraction of sp³-hybridized carbons (Fsp3) is 0.368. The zero-order valence-electron chi connectivity index (χ0n) is 18.0. The molecule has 0 aliphatic carbocycles. The average molecular weight is 475 g/mol. The molecule has 0 radical (unpaired) electrons. The summed E-state index contributed by atoms with van der Waals surface area (Å²) in [7, 11) is -1.50. The first-order chi connectivity index (χ1) is 15.9. The van der Waals surface area contributed by atoms with Gasteiger partial charge >= 0.3 is 189 Å². The molecule has 0 saturated carbocycles. The van der Waals surface area contributed by atoms with Gasteiger partial charge in [0.2, 0.25) is 0 Å². The maximum absolute atomic E-state index is 11.3. The Kier molecular flexibility index (Phi) is 5.77. The Hall–Kier alpha value is -2.67. The predicted molar refractivity (Wildman–Crippen MR) is 120 cm³/mol. The predicted octanol–water partition coefficient (Wildman–Crippen LogP) is 0.329. The van der Waals surface area contributed by atoms with Gasteiger partial charge in [-0.25, -0.2) is 0 Å². The summed E-state index contributed by atoms with van der Waals surface area (Å²) in [6, 6.07) is 9.44. The molecule has 0 bridgehead atoms. The summed E-state index contributed by atoms with van der Waals surface area (Å²) in [5, 5.41) is 11.3. The number of rotatable bonds is 5. The number of hydrogen-bond acceptors (Lipinski definition) is 11. The second-order valence-electron chi connectivity index (χ2n) is 7.81. The van der Waals surface area contributed by atoms with Crippen LogP contribution in [0.2, 0.25) is 0 Å². The van der Waals surface area contributed by atoms with Gasteiger partial charge in [-0.2, -0.15) is 0 Å². The molecule has 2 fully saturated rings. The van der Waals surface area contributed by atoms with Crippen LogP contribution in [-0.4, -0.2) is 69.9 Å². The Balaban J connectivity index is 1.48. The molecule has 174 valence electrons. The summed E-state index contributed by atoms with van der Waals surface area (Å²) in [5.74, 6) is 0.263. The van der Waals surface area contributed by atoms with Crippen LogP contribution in [-0.2, 0) is 27.8 Å². The minimum absolute atomic E-state index is 0.144. The maximum atomic E-state index is 11.3. The van der Waals surface area contributed by atoms with Crippen molar-refractivity contribution in [1.82, 2.24) is 19.5 Å². The number of benzene rings is 1. The molecule has 12 nitrogen and oxygen atoms in total. The first kappa shape index (κ1) is 22.1. The molecule has 0 spiro atoms. The molecule has 2 aromatic heterocycles. The molecule has 2 aliphatic rings. The van der Waals surface area contributed by atoms with Crippen LogP contribution in [0.15, 0.2) is 36.7 Å². The van der Waals surface area contributed by atoms with Crippen LogP contribution in [0.5, 0.6) is 0 Å². The summed E-state index contributed by atoms with van der Waals surface area (Å²) in [5.41, 5.74) is 7.67. The molecule has 0 amide bonds. The quantitative estimate of drug-likeness (QED) is 0.227. The molecule has 14 heteroatoms. The molecule has 5 rings (SSSR count). The first-order valence-corrected chi connectivity index (χ1v) is 12.6. The fourth-order valence-corrected chi connectivity index (χ4v) is 5.73. The number of esters is 1. The van der Waals surface area contributed by atoms with E-state index in [1.165, 1.54) is 13.3 Å². The van der Waals surface area contributed by atoms with Crippen LogP contribution in [0.4, 0.5) is 5.82 Å². The third kappa shape index (κ3) is 4.08. The van der Waals surface area contributed by atoms with E-state index < -0.39 is 38.3 Å². The van der Waals surface area contributed by atoms with Crippen molar-refractivity contribution in [3.63, 3.8) is 0 Å². The van der Waals surface area contributed by atoms with Crippen molar-refractivity contribution < 1.29 is 32.9 Å². The number of nitrogens with two attached hydrogens (primary N) is 1. The van der Waals surface area contributed by atoms with Crippen LogP contribution in [0.3, 0.4) is 0 Å². The van der Waals surface area contributed by atoms with Gasteiger partial charge in [-0.05, 0) is 0 Å². The number of imidazole rings is 1. The molecule has 2 aliphatic heterocycles. The van der Waals surface area contributed by atoms with E-state index in [0.29, 0.717) is 17.0 Å². The van der Waals surface area contributed by atoms with Crippen LogP contribution < -0.4 is 5.73 Å². The standard InChI is InChI=1S/C19H23BN5O7P/c1-10(26)28-9-30-33(20)29-7-12-15(32-33)14(27)19(31-12)25-17(11-5-3-2-4-6-11)24-13-16(21)22-8-23-18(13)25/h2-6,8,12,14-15,19,27,33H,7,9,20H2,1H3,(H2,21,22,23)/t12-,14+,15?,19-/m1/s1. The van der Waals surface area contributed by atoms with Crippen molar-refractivity contribution in [3.05, 3.63) is 36.7 Å². The van der Waals surface area contributed by atoms with Crippen LogP contribution in [0, 0.1) is 0 Å². The van der Waals surface area contributed by atoms with Crippen molar-refractivity contribution >= 4 is 38.3 Å². The summed E-state index contributed by atoms with van der Waals surface area (Å²) >= 11 is 0. The summed E-state index contributed by atoms with van der Waals surface area (Å²) in [6.07, 6.45) is -1.89. The molecule has 33 heavy (non-hydrogen) atoms. The number of ether oxygens (including phenoxy) is 2. The number of anilines is 1. The molecule has 4 heterocycles. The molecule has 1 unspecified atom stereocenters. The Morgan fingerprint density at radius 2 is 2.15 bits per heavy atom. The fourth-order valence-electron chi connectivity index (χ4n) is 3.98.